The van der Waals surface area contributed by atoms with E-state index in [2.05, 4.69) is 26.2 Å². The molecule has 0 saturated carbocycles. The molecule has 0 radical (unpaired) electrons. The summed E-state index contributed by atoms with van der Waals surface area (Å²) in [6.45, 7) is 2.67. The van der Waals surface area contributed by atoms with Gasteiger partial charge < -0.3 is 9.88 Å². The van der Waals surface area contributed by atoms with Crippen molar-refractivity contribution in [3.63, 3.8) is 0 Å². The molecule has 0 aliphatic heterocycles. The minimum atomic E-state index is -0.240. The fourth-order valence-corrected chi connectivity index (χ4v) is 2.23. The molecule has 2 aromatic rings. The maximum atomic E-state index is 11.9. The van der Waals surface area contributed by atoms with E-state index in [9.17, 15) is 9.59 Å². The Bertz CT molecular complexity index is 668. The first-order valence-electron chi connectivity index (χ1n) is 6.18. The van der Waals surface area contributed by atoms with Crippen molar-refractivity contribution in [2.24, 2.45) is 0 Å². The zero-order valence-electron chi connectivity index (χ0n) is 11.0. The first-order valence-corrected chi connectivity index (χ1v) is 6.97. The Labute approximate surface area is 124 Å². The molecule has 0 aliphatic carbocycles. The molecular formula is C14H14BrN3O2. The van der Waals surface area contributed by atoms with E-state index in [1.165, 1.54) is 0 Å². The molecule has 20 heavy (non-hydrogen) atoms. The van der Waals surface area contributed by atoms with Gasteiger partial charge in [0.15, 0.2) is 0 Å². The van der Waals surface area contributed by atoms with Crippen LogP contribution in [0.2, 0.25) is 0 Å². The average Bonchev–Trinajstić information content (AvgIpc) is 2.44. The SMILES string of the molecule is CCn1cc(Br)c(=O)c(NC(=O)Cc2cccnc2)c1. The third kappa shape index (κ3) is 3.54. The number of aryl methyl sites for hydroxylation is 1. The van der Waals surface area contributed by atoms with Crippen LogP contribution in [0.1, 0.15) is 12.5 Å². The number of hydrogen-bond donors (Lipinski definition) is 1. The summed E-state index contributed by atoms with van der Waals surface area (Å²) < 4.78 is 2.25. The quantitative estimate of drug-likeness (QED) is 0.931. The molecule has 0 atom stereocenters. The van der Waals surface area contributed by atoms with E-state index in [1.807, 2.05) is 17.6 Å². The van der Waals surface area contributed by atoms with Gasteiger partial charge in [-0.3, -0.25) is 14.6 Å². The van der Waals surface area contributed by atoms with Crippen LogP contribution in [0.15, 0.2) is 46.2 Å². The first kappa shape index (κ1) is 14.5. The smallest absolute Gasteiger partial charge is 0.228 e. The highest BCUT2D eigenvalue weighted by molar-refractivity contribution is 9.10. The third-order valence-electron chi connectivity index (χ3n) is 2.76. The number of halogens is 1. The molecular weight excluding hydrogens is 322 g/mol. The molecule has 1 N–H and O–H groups in total. The van der Waals surface area contributed by atoms with Gasteiger partial charge in [0.05, 0.1) is 10.9 Å². The molecule has 0 saturated heterocycles. The Morgan fingerprint density at radius 3 is 2.90 bits per heavy atom. The highest BCUT2D eigenvalue weighted by Crippen LogP contribution is 2.09. The second-order valence-electron chi connectivity index (χ2n) is 4.27. The summed E-state index contributed by atoms with van der Waals surface area (Å²) in [5.74, 6) is -0.240. The molecule has 104 valence electrons. The second kappa shape index (κ2) is 6.47. The normalized spacial score (nSPS) is 10.3. The lowest BCUT2D eigenvalue weighted by Crippen LogP contribution is -2.21. The Balaban J connectivity index is 2.16. The van der Waals surface area contributed by atoms with E-state index in [1.54, 1.807) is 30.9 Å². The predicted molar refractivity (Wildman–Crippen MR) is 80.6 cm³/mol. The number of aromatic nitrogens is 2. The van der Waals surface area contributed by atoms with E-state index in [0.717, 1.165) is 5.56 Å². The molecule has 0 fully saturated rings. The number of amides is 1. The van der Waals surface area contributed by atoms with Gasteiger partial charge in [-0.2, -0.15) is 0 Å². The number of nitrogens with one attached hydrogen (secondary N) is 1. The van der Waals surface area contributed by atoms with E-state index >= 15 is 0 Å². The number of carbonyl (C=O) groups is 1. The lowest BCUT2D eigenvalue weighted by molar-refractivity contribution is -0.115. The topological polar surface area (TPSA) is 64.0 Å². The first-order chi connectivity index (χ1) is 9.60. The van der Waals surface area contributed by atoms with Crippen molar-refractivity contribution in [3.8, 4) is 0 Å². The molecule has 5 nitrogen and oxygen atoms in total. The van der Waals surface area contributed by atoms with Crippen LogP contribution in [0.4, 0.5) is 5.69 Å². The zero-order chi connectivity index (χ0) is 14.5. The van der Waals surface area contributed by atoms with Crippen molar-refractivity contribution in [3.05, 3.63) is 57.2 Å². The number of anilines is 1. The minimum absolute atomic E-state index is 0.186. The molecule has 0 unspecified atom stereocenters. The number of hydrogen-bond acceptors (Lipinski definition) is 3. The number of nitrogens with zero attached hydrogens (tertiary/aromatic N) is 2. The summed E-state index contributed by atoms with van der Waals surface area (Å²) >= 11 is 3.20. The summed E-state index contributed by atoms with van der Waals surface area (Å²) in [5.41, 5.74) is 0.847. The highest BCUT2D eigenvalue weighted by Gasteiger charge is 2.09. The Kier molecular flexibility index (Phi) is 4.68. The summed E-state index contributed by atoms with van der Waals surface area (Å²) in [6, 6.07) is 3.59. The van der Waals surface area contributed by atoms with Crippen molar-refractivity contribution < 1.29 is 4.79 Å². The van der Waals surface area contributed by atoms with Crippen molar-refractivity contribution >= 4 is 27.5 Å². The molecule has 0 aliphatic rings. The molecule has 2 aromatic heterocycles. The molecule has 0 bridgehead atoms. The van der Waals surface area contributed by atoms with Crippen molar-refractivity contribution in [2.45, 2.75) is 19.9 Å². The average molecular weight is 336 g/mol. The maximum Gasteiger partial charge on any atom is 0.228 e. The van der Waals surface area contributed by atoms with Gasteiger partial charge in [-0.1, -0.05) is 6.07 Å². The van der Waals surface area contributed by atoms with Gasteiger partial charge in [-0.05, 0) is 34.5 Å². The second-order valence-corrected chi connectivity index (χ2v) is 5.12. The number of pyridine rings is 2. The lowest BCUT2D eigenvalue weighted by Gasteiger charge is -2.09. The molecule has 6 heteroatoms. The monoisotopic (exact) mass is 335 g/mol. The third-order valence-corrected chi connectivity index (χ3v) is 3.33. The predicted octanol–water partition coefficient (Wildman–Crippen LogP) is 2.21. The van der Waals surface area contributed by atoms with Gasteiger partial charge in [0.2, 0.25) is 11.3 Å². The zero-order valence-corrected chi connectivity index (χ0v) is 12.6. The van der Waals surface area contributed by atoms with E-state index in [-0.39, 0.29) is 23.4 Å². The maximum absolute atomic E-state index is 11.9. The van der Waals surface area contributed by atoms with Crippen LogP contribution in [0.5, 0.6) is 0 Å². The standard InChI is InChI=1S/C14H14BrN3O2/c1-2-18-8-11(15)14(20)12(9-18)17-13(19)6-10-4-3-5-16-7-10/h3-5,7-9H,2,6H2,1H3,(H,17,19). The van der Waals surface area contributed by atoms with Crippen molar-refractivity contribution in [1.29, 1.82) is 0 Å². The van der Waals surface area contributed by atoms with Crippen LogP contribution in [-0.4, -0.2) is 15.5 Å². The van der Waals surface area contributed by atoms with E-state index in [0.29, 0.717) is 11.0 Å². The number of carbonyl (C=O) groups excluding carboxylic acids is 1. The fourth-order valence-electron chi connectivity index (χ4n) is 1.75. The summed E-state index contributed by atoms with van der Waals surface area (Å²) in [7, 11) is 0. The minimum Gasteiger partial charge on any atom is -0.351 e. The molecule has 2 rings (SSSR count). The Hall–Kier alpha value is -1.95. The summed E-state index contributed by atoms with van der Waals surface area (Å²) in [4.78, 5) is 27.8. The van der Waals surface area contributed by atoms with Crippen LogP contribution < -0.4 is 10.7 Å². The van der Waals surface area contributed by atoms with Gasteiger partial charge in [-0.15, -0.1) is 0 Å². The Morgan fingerprint density at radius 1 is 1.45 bits per heavy atom. The van der Waals surface area contributed by atoms with Gasteiger partial charge >= 0.3 is 0 Å². The summed E-state index contributed by atoms with van der Waals surface area (Å²) in [5, 5.41) is 2.64. The van der Waals surface area contributed by atoms with Gasteiger partial charge in [0.1, 0.15) is 5.69 Å². The van der Waals surface area contributed by atoms with Crippen LogP contribution >= 0.6 is 15.9 Å². The fraction of sp³-hybridized carbons (Fsp3) is 0.214. The van der Waals surface area contributed by atoms with Crippen LogP contribution in [0.25, 0.3) is 0 Å². The highest BCUT2D eigenvalue weighted by atomic mass is 79.9. The van der Waals surface area contributed by atoms with Crippen molar-refractivity contribution in [1.82, 2.24) is 9.55 Å². The van der Waals surface area contributed by atoms with Crippen LogP contribution in [-0.2, 0) is 17.8 Å². The largest absolute Gasteiger partial charge is 0.351 e. The lowest BCUT2D eigenvalue weighted by atomic mass is 10.2. The van der Waals surface area contributed by atoms with E-state index < -0.39 is 0 Å². The molecule has 0 aromatic carbocycles. The van der Waals surface area contributed by atoms with Crippen LogP contribution in [0.3, 0.4) is 0 Å². The van der Waals surface area contributed by atoms with Gasteiger partial charge in [0.25, 0.3) is 0 Å². The van der Waals surface area contributed by atoms with Crippen molar-refractivity contribution in [2.75, 3.05) is 5.32 Å². The molecule has 1 amide bonds. The summed E-state index contributed by atoms with van der Waals surface area (Å²) in [6.07, 6.45) is 6.79. The van der Waals surface area contributed by atoms with Gasteiger partial charge in [-0.25, -0.2) is 0 Å². The molecule has 2 heterocycles. The van der Waals surface area contributed by atoms with E-state index in [4.69, 9.17) is 0 Å². The van der Waals surface area contributed by atoms with Gasteiger partial charge in [0, 0.05) is 31.3 Å². The Morgan fingerprint density at radius 2 is 2.25 bits per heavy atom. The van der Waals surface area contributed by atoms with Crippen LogP contribution in [0, 0.1) is 0 Å². The number of rotatable bonds is 4. The molecule has 0 spiro atoms.